The van der Waals surface area contributed by atoms with Crippen molar-refractivity contribution in [1.82, 2.24) is 5.32 Å². The number of hydrogen-bond donors (Lipinski definition) is 1. The van der Waals surface area contributed by atoms with Crippen molar-refractivity contribution in [1.29, 1.82) is 0 Å². The second kappa shape index (κ2) is 9.98. The number of amides is 1. The minimum absolute atomic E-state index is 0.179. The van der Waals surface area contributed by atoms with Gasteiger partial charge in [0.2, 0.25) is 0 Å². The molecule has 0 saturated carbocycles. The van der Waals surface area contributed by atoms with Crippen molar-refractivity contribution in [2.45, 2.75) is 13.3 Å². The van der Waals surface area contributed by atoms with Gasteiger partial charge in [-0.05, 0) is 30.3 Å². The monoisotopic (exact) mass is 411 g/mol. The molecular weight excluding hydrogens is 394 g/mol. The summed E-state index contributed by atoms with van der Waals surface area (Å²) in [6, 6.07) is 3.38. The number of methoxy groups -OCH3 is 2. The van der Waals surface area contributed by atoms with E-state index in [0.717, 1.165) is 24.3 Å². The summed E-state index contributed by atoms with van der Waals surface area (Å²) in [5, 5.41) is 11.0. The van der Waals surface area contributed by atoms with Crippen molar-refractivity contribution in [3.63, 3.8) is 0 Å². The molecule has 1 fully saturated rings. The van der Waals surface area contributed by atoms with Crippen molar-refractivity contribution in [3.05, 3.63) is 33.7 Å². The number of benzene rings is 1. The van der Waals surface area contributed by atoms with Gasteiger partial charge in [0.1, 0.15) is 0 Å². The Morgan fingerprint density at radius 1 is 1.37 bits per heavy atom. The van der Waals surface area contributed by atoms with Crippen LogP contribution in [0.15, 0.2) is 33.3 Å². The lowest BCUT2D eigenvalue weighted by Crippen LogP contribution is -2.19. The number of carbonyl (C=O) groups excluding carboxylic acids is 2. The Labute approximate surface area is 165 Å². The largest absolute Gasteiger partial charge is 0.493 e. The number of rotatable bonds is 7. The summed E-state index contributed by atoms with van der Waals surface area (Å²) in [4.78, 5) is 23.1. The Morgan fingerprint density at radius 2 is 2.15 bits per heavy atom. The predicted molar refractivity (Wildman–Crippen MR) is 105 cm³/mol. The fraction of sp³-hybridized carbons (Fsp3) is 0.294. The normalized spacial score (nSPS) is 16.8. The predicted octanol–water partition coefficient (Wildman–Crippen LogP) is 2.75. The third-order valence-electron chi connectivity index (χ3n) is 3.16. The maximum absolute atomic E-state index is 11.7. The Kier molecular flexibility index (Phi) is 7.68. The highest BCUT2D eigenvalue weighted by Crippen LogP contribution is 2.36. The number of halogens is 1. The van der Waals surface area contributed by atoms with E-state index in [2.05, 4.69) is 20.3 Å². The van der Waals surface area contributed by atoms with E-state index in [1.54, 1.807) is 12.1 Å². The maximum Gasteiger partial charge on any atom is 0.331 e. The second-order valence-corrected chi connectivity index (χ2v) is 6.56. The van der Waals surface area contributed by atoms with Gasteiger partial charge in [-0.2, -0.15) is 5.10 Å². The molecule has 1 saturated heterocycles. The van der Waals surface area contributed by atoms with Gasteiger partial charge < -0.3 is 14.2 Å². The lowest BCUT2D eigenvalue weighted by molar-refractivity contribution is -0.135. The van der Waals surface area contributed by atoms with E-state index < -0.39 is 11.9 Å². The molecule has 1 amide bonds. The van der Waals surface area contributed by atoms with Crippen LogP contribution in [0, 0.1) is 0 Å². The number of thioether (sulfide) groups is 1. The zero-order valence-corrected chi connectivity index (χ0v) is 16.5. The molecular formula is C17H18ClN3O5S. The number of nitrogens with zero attached hydrogens (tertiary/aromatic N) is 2. The summed E-state index contributed by atoms with van der Waals surface area (Å²) in [7, 11) is 2.75. The highest BCUT2D eigenvalue weighted by Gasteiger charge is 2.25. The van der Waals surface area contributed by atoms with E-state index >= 15 is 0 Å². The van der Waals surface area contributed by atoms with Gasteiger partial charge >= 0.3 is 5.97 Å². The molecule has 1 N–H and O–H groups in total. The summed E-state index contributed by atoms with van der Waals surface area (Å²) >= 11 is 7.23. The van der Waals surface area contributed by atoms with Crippen molar-refractivity contribution >= 4 is 46.6 Å². The van der Waals surface area contributed by atoms with Crippen molar-refractivity contribution < 1.29 is 23.8 Å². The molecule has 0 aliphatic carbocycles. The lowest BCUT2D eigenvalue weighted by atomic mass is 10.2. The minimum atomic E-state index is -0.621. The van der Waals surface area contributed by atoms with Crippen LogP contribution in [0.5, 0.6) is 11.5 Å². The number of esters is 1. The third-order valence-corrected chi connectivity index (χ3v) is 4.34. The first-order valence-electron chi connectivity index (χ1n) is 7.88. The van der Waals surface area contributed by atoms with Crippen molar-refractivity contribution in [2.75, 3.05) is 20.8 Å². The number of nitrogens with one attached hydrogen (secondary N) is 1. The molecule has 1 aromatic rings. The Balaban J connectivity index is 2.13. The minimum Gasteiger partial charge on any atom is -0.493 e. The van der Waals surface area contributed by atoms with E-state index in [9.17, 15) is 9.59 Å². The molecule has 0 bridgehead atoms. The summed E-state index contributed by atoms with van der Waals surface area (Å²) < 4.78 is 15.4. The lowest BCUT2D eigenvalue weighted by Gasteiger charge is -2.12. The summed E-state index contributed by atoms with van der Waals surface area (Å²) in [5.74, 6) is -0.108. The van der Waals surface area contributed by atoms with Crippen molar-refractivity contribution in [3.8, 4) is 11.5 Å². The van der Waals surface area contributed by atoms with Crippen LogP contribution in [0.1, 0.15) is 18.9 Å². The maximum atomic E-state index is 11.7. The highest BCUT2D eigenvalue weighted by molar-refractivity contribution is 8.18. The van der Waals surface area contributed by atoms with Crippen LogP contribution in [0.25, 0.3) is 0 Å². The molecule has 0 radical (unpaired) electrons. The molecule has 1 aliphatic heterocycles. The van der Waals surface area contributed by atoms with E-state index in [0.29, 0.717) is 28.7 Å². The van der Waals surface area contributed by atoms with Crippen LogP contribution < -0.4 is 14.8 Å². The first kappa shape index (κ1) is 20.8. The van der Waals surface area contributed by atoms with Gasteiger partial charge in [0.05, 0.1) is 37.0 Å². The van der Waals surface area contributed by atoms with Crippen LogP contribution in [-0.2, 0) is 14.3 Å². The van der Waals surface area contributed by atoms with E-state index in [-0.39, 0.29) is 10.1 Å². The molecule has 0 unspecified atom stereocenters. The van der Waals surface area contributed by atoms with E-state index in [4.69, 9.17) is 21.1 Å². The Morgan fingerprint density at radius 3 is 2.81 bits per heavy atom. The molecule has 1 aliphatic rings. The molecule has 0 aromatic heterocycles. The zero-order chi connectivity index (χ0) is 19.8. The topological polar surface area (TPSA) is 98.6 Å². The average molecular weight is 412 g/mol. The van der Waals surface area contributed by atoms with Crippen LogP contribution in [0.3, 0.4) is 0 Å². The molecule has 1 aromatic carbocycles. The number of amidine groups is 1. The number of ether oxygens (including phenoxy) is 3. The van der Waals surface area contributed by atoms with Crippen LogP contribution in [0.4, 0.5) is 0 Å². The molecule has 10 heteroatoms. The standard InChI is InChI=1S/C17H18ClN3O5S/c1-4-5-26-15-11(18)6-10(7-12(15)24-2)9-19-21-17-20-16(23)13(27-17)8-14(22)25-3/h6-9H,4-5H2,1-3H3,(H,20,21,23)/b13-8+,19-9?. The van der Waals surface area contributed by atoms with Gasteiger partial charge in [0, 0.05) is 11.6 Å². The van der Waals surface area contributed by atoms with Gasteiger partial charge in [-0.25, -0.2) is 4.79 Å². The van der Waals surface area contributed by atoms with Gasteiger partial charge in [-0.3, -0.25) is 10.1 Å². The molecule has 2 rings (SSSR count). The smallest absolute Gasteiger partial charge is 0.331 e. The SMILES string of the molecule is CCCOc1c(Cl)cc(C=N/N=C2/NC(=O)/C(=C\C(=O)OC)S2)cc1OC. The fourth-order valence-corrected chi connectivity index (χ4v) is 2.96. The molecule has 144 valence electrons. The average Bonchev–Trinajstić information content (AvgIpc) is 2.99. The van der Waals surface area contributed by atoms with E-state index in [1.165, 1.54) is 20.4 Å². The first-order chi connectivity index (χ1) is 13.0. The second-order valence-electron chi connectivity index (χ2n) is 5.12. The van der Waals surface area contributed by atoms with Crippen molar-refractivity contribution in [2.24, 2.45) is 10.2 Å². The van der Waals surface area contributed by atoms with Crippen LogP contribution in [0.2, 0.25) is 5.02 Å². The number of carbonyl (C=O) groups is 2. The molecule has 27 heavy (non-hydrogen) atoms. The first-order valence-corrected chi connectivity index (χ1v) is 9.08. The molecule has 0 atom stereocenters. The Hall–Kier alpha value is -2.52. The molecule has 8 nitrogen and oxygen atoms in total. The van der Waals surface area contributed by atoms with Crippen LogP contribution in [-0.4, -0.2) is 44.1 Å². The van der Waals surface area contributed by atoms with E-state index in [1.807, 2.05) is 6.92 Å². The zero-order valence-electron chi connectivity index (χ0n) is 14.9. The van der Waals surface area contributed by atoms with Crippen LogP contribution >= 0.6 is 23.4 Å². The quantitative estimate of drug-likeness (QED) is 0.320. The third kappa shape index (κ3) is 5.73. The summed E-state index contributed by atoms with van der Waals surface area (Å²) in [5.41, 5.74) is 0.643. The number of hydrogen-bond acceptors (Lipinski definition) is 8. The van der Waals surface area contributed by atoms with Gasteiger partial charge in [0.25, 0.3) is 5.91 Å². The van der Waals surface area contributed by atoms with Gasteiger partial charge in [0.15, 0.2) is 16.7 Å². The highest BCUT2D eigenvalue weighted by atomic mass is 35.5. The Bertz CT molecular complexity index is 823. The molecule has 0 spiro atoms. The summed E-state index contributed by atoms with van der Waals surface area (Å²) in [6.07, 6.45) is 3.39. The van der Waals surface area contributed by atoms with Gasteiger partial charge in [-0.1, -0.05) is 18.5 Å². The molecule has 1 heterocycles. The summed E-state index contributed by atoms with van der Waals surface area (Å²) in [6.45, 7) is 2.52. The van der Waals surface area contributed by atoms with Gasteiger partial charge in [-0.15, -0.1) is 5.10 Å². The fourth-order valence-electron chi connectivity index (χ4n) is 1.95.